The number of ether oxygens (including phenoxy) is 2. The summed E-state index contributed by atoms with van der Waals surface area (Å²) in [4.78, 5) is 12.1. The number of carbonyl (C=O) groups excluding carboxylic acids is 1. The normalized spacial score (nSPS) is 20.4. The van der Waals surface area contributed by atoms with E-state index in [1.807, 2.05) is 6.07 Å². The number of methoxy groups -OCH3 is 1. The molecule has 1 fully saturated rings. The molecule has 2 rings (SSSR count). The van der Waals surface area contributed by atoms with Crippen LogP contribution in [0.4, 0.5) is 0 Å². The van der Waals surface area contributed by atoms with Crippen LogP contribution in [0, 0.1) is 12.3 Å². The number of hydrogen-bond acceptors (Lipinski definition) is 4. The minimum Gasteiger partial charge on any atom is -0.493 e. The van der Waals surface area contributed by atoms with Gasteiger partial charge in [-0.2, -0.15) is 0 Å². The van der Waals surface area contributed by atoms with Gasteiger partial charge in [0.1, 0.15) is 6.61 Å². The molecule has 0 aromatic heterocycles. The van der Waals surface area contributed by atoms with Crippen molar-refractivity contribution in [2.24, 2.45) is 5.73 Å². The van der Waals surface area contributed by atoms with Gasteiger partial charge in [-0.3, -0.25) is 4.79 Å². The molecule has 128 valence electrons. The Morgan fingerprint density at radius 1 is 1.42 bits per heavy atom. The van der Waals surface area contributed by atoms with Crippen molar-refractivity contribution in [3.63, 3.8) is 0 Å². The molecule has 0 radical (unpaired) electrons. The van der Waals surface area contributed by atoms with Crippen LogP contribution in [-0.2, 0) is 4.79 Å². The van der Waals surface area contributed by atoms with Gasteiger partial charge >= 0.3 is 0 Å². The van der Waals surface area contributed by atoms with E-state index in [2.05, 4.69) is 11.2 Å². The van der Waals surface area contributed by atoms with Crippen molar-refractivity contribution in [3.8, 4) is 23.8 Å². The number of carbonyl (C=O) groups is 1. The van der Waals surface area contributed by atoms with Crippen LogP contribution >= 0.6 is 0 Å². The number of rotatable bonds is 6. The zero-order valence-corrected chi connectivity index (χ0v) is 14.0. The molecular weight excluding hydrogens is 304 g/mol. The standard InChI is InChI=1S/C19H24N2O3/c1-3-12-24-17-10-8-14(13-18(17)23-2)9-11-19(22)21-16-7-5-4-6-15(16)20/h1,8-11,13,15-16H,4-7,12,20H2,2H3,(H,21,22)/b11-9+. The Balaban J connectivity index is 1.97. The predicted octanol–water partition coefficient (Wildman–Crippen LogP) is 2.11. The minimum atomic E-state index is -0.135. The molecule has 24 heavy (non-hydrogen) atoms. The summed E-state index contributed by atoms with van der Waals surface area (Å²) in [5.41, 5.74) is 6.88. The second kappa shape index (κ2) is 8.99. The molecule has 0 heterocycles. The van der Waals surface area contributed by atoms with E-state index in [9.17, 15) is 4.79 Å². The lowest BCUT2D eigenvalue weighted by Crippen LogP contribution is -2.48. The van der Waals surface area contributed by atoms with Crippen LogP contribution in [0.1, 0.15) is 31.2 Å². The third-order valence-electron chi connectivity index (χ3n) is 4.07. The predicted molar refractivity (Wildman–Crippen MR) is 94.7 cm³/mol. The van der Waals surface area contributed by atoms with Crippen molar-refractivity contribution < 1.29 is 14.3 Å². The van der Waals surface area contributed by atoms with Crippen molar-refractivity contribution in [2.45, 2.75) is 37.8 Å². The second-order valence-electron chi connectivity index (χ2n) is 5.80. The van der Waals surface area contributed by atoms with Crippen LogP contribution in [0.3, 0.4) is 0 Å². The Kier molecular flexibility index (Phi) is 6.71. The summed E-state index contributed by atoms with van der Waals surface area (Å²) in [5, 5.41) is 2.98. The first kappa shape index (κ1) is 17.9. The monoisotopic (exact) mass is 328 g/mol. The molecular formula is C19H24N2O3. The zero-order chi connectivity index (χ0) is 17.4. The van der Waals surface area contributed by atoms with E-state index in [4.69, 9.17) is 21.6 Å². The number of nitrogens with one attached hydrogen (secondary N) is 1. The smallest absolute Gasteiger partial charge is 0.244 e. The highest BCUT2D eigenvalue weighted by atomic mass is 16.5. The summed E-state index contributed by atoms with van der Waals surface area (Å²) in [7, 11) is 1.56. The highest BCUT2D eigenvalue weighted by Gasteiger charge is 2.22. The molecule has 0 saturated heterocycles. The van der Waals surface area contributed by atoms with Crippen LogP contribution in [-0.4, -0.2) is 31.7 Å². The Hall–Kier alpha value is -2.45. The van der Waals surface area contributed by atoms with E-state index in [0.29, 0.717) is 11.5 Å². The quantitative estimate of drug-likeness (QED) is 0.619. The largest absolute Gasteiger partial charge is 0.493 e. The highest BCUT2D eigenvalue weighted by molar-refractivity contribution is 5.92. The van der Waals surface area contributed by atoms with Crippen LogP contribution in [0.25, 0.3) is 6.08 Å². The summed E-state index contributed by atoms with van der Waals surface area (Å²) >= 11 is 0. The molecule has 1 aliphatic carbocycles. The fraction of sp³-hybridized carbons (Fsp3) is 0.421. The van der Waals surface area contributed by atoms with Crippen molar-refractivity contribution in [1.82, 2.24) is 5.32 Å². The summed E-state index contributed by atoms with van der Waals surface area (Å²) in [6.07, 6.45) is 12.6. The maximum atomic E-state index is 12.1. The van der Waals surface area contributed by atoms with E-state index in [1.54, 1.807) is 25.3 Å². The first-order valence-electron chi connectivity index (χ1n) is 8.12. The van der Waals surface area contributed by atoms with Gasteiger partial charge in [-0.1, -0.05) is 24.8 Å². The van der Waals surface area contributed by atoms with E-state index in [0.717, 1.165) is 31.2 Å². The lowest BCUT2D eigenvalue weighted by molar-refractivity contribution is -0.117. The third kappa shape index (κ3) is 5.04. The Labute approximate surface area is 143 Å². The molecule has 1 saturated carbocycles. The maximum Gasteiger partial charge on any atom is 0.244 e. The summed E-state index contributed by atoms with van der Waals surface area (Å²) in [6.45, 7) is 0.176. The van der Waals surface area contributed by atoms with Crippen molar-refractivity contribution >= 4 is 12.0 Å². The van der Waals surface area contributed by atoms with E-state index in [1.165, 1.54) is 6.08 Å². The number of terminal acetylenes is 1. The molecule has 5 nitrogen and oxygen atoms in total. The fourth-order valence-electron chi connectivity index (χ4n) is 2.77. The lowest BCUT2D eigenvalue weighted by atomic mass is 9.91. The maximum absolute atomic E-state index is 12.1. The Morgan fingerprint density at radius 3 is 2.92 bits per heavy atom. The molecule has 1 amide bonds. The first-order chi connectivity index (χ1) is 11.6. The lowest BCUT2D eigenvalue weighted by Gasteiger charge is -2.28. The minimum absolute atomic E-state index is 0.0452. The Morgan fingerprint density at radius 2 is 2.21 bits per heavy atom. The van der Waals surface area contributed by atoms with Crippen LogP contribution < -0.4 is 20.5 Å². The van der Waals surface area contributed by atoms with Crippen molar-refractivity contribution in [3.05, 3.63) is 29.8 Å². The summed E-state index contributed by atoms with van der Waals surface area (Å²) in [6, 6.07) is 5.51. The number of nitrogens with two attached hydrogens (primary N) is 1. The number of amides is 1. The van der Waals surface area contributed by atoms with Gasteiger partial charge in [-0.25, -0.2) is 0 Å². The van der Waals surface area contributed by atoms with Gasteiger partial charge < -0.3 is 20.5 Å². The van der Waals surface area contributed by atoms with Gasteiger partial charge in [-0.15, -0.1) is 6.42 Å². The third-order valence-corrected chi connectivity index (χ3v) is 4.07. The van der Waals surface area contributed by atoms with Gasteiger partial charge in [0, 0.05) is 18.2 Å². The van der Waals surface area contributed by atoms with Gasteiger partial charge in [0.2, 0.25) is 5.91 Å². The van der Waals surface area contributed by atoms with E-state index >= 15 is 0 Å². The van der Waals surface area contributed by atoms with Crippen LogP contribution in [0.15, 0.2) is 24.3 Å². The Bertz CT molecular complexity index is 634. The topological polar surface area (TPSA) is 73.6 Å². The molecule has 1 aliphatic rings. The first-order valence-corrected chi connectivity index (χ1v) is 8.12. The molecule has 2 atom stereocenters. The van der Waals surface area contributed by atoms with Crippen molar-refractivity contribution in [2.75, 3.05) is 13.7 Å². The SMILES string of the molecule is C#CCOc1ccc(/C=C/C(=O)NC2CCCCC2N)cc1OC. The number of hydrogen-bond donors (Lipinski definition) is 2. The average Bonchev–Trinajstić information content (AvgIpc) is 2.60. The average molecular weight is 328 g/mol. The molecule has 1 aromatic rings. The zero-order valence-electron chi connectivity index (χ0n) is 14.0. The van der Waals surface area contributed by atoms with E-state index < -0.39 is 0 Å². The molecule has 5 heteroatoms. The van der Waals surface area contributed by atoms with Crippen LogP contribution in [0.5, 0.6) is 11.5 Å². The molecule has 0 aliphatic heterocycles. The molecule has 2 unspecified atom stereocenters. The van der Waals surface area contributed by atoms with E-state index in [-0.39, 0.29) is 24.6 Å². The summed E-state index contributed by atoms with van der Waals surface area (Å²) < 4.78 is 10.7. The van der Waals surface area contributed by atoms with Gasteiger partial charge in [0.25, 0.3) is 0 Å². The molecule has 0 spiro atoms. The molecule has 0 bridgehead atoms. The van der Waals surface area contributed by atoms with Crippen LogP contribution in [0.2, 0.25) is 0 Å². The number of benzene rings is 1. The fourth-order valence-corrected chi connectivity index (χ4v) is 2.77. The van der Waals surface area contributed by atoms with Gasteiger partial charge in [-0.05, 0) is 36.6 Å². The van der Waals surface area contributed by atoms with Crippen molar-refractivity contribution in [1.29, 1.82) is 0 Å². The summed E-state index contributed by atoms with van der Waals surface area (Å²) in [5.74, 6) is 3.42. The highest BCUT2D eigenvalue weighted by Crippen LogP contribution is 2.28. The van der Waals surface area contributed by atoms with Gasteiger partial charge in [0.05, 0.1) is 7.11 Å². The second-order valence-corrected chi connectivity index (χ2v) is 5.80. The molecule has 3 N–H and O–H groups in total. The molecule has 1 aromatic carbocycles. The van der Waals surface area contributed by atoms with Gasteiger partial charge in [0.15, 0.2) is 11.5 Å².